The number of amides is 2. The van der Waals surface area contributed by atoms with Crippen molar-refractivity contribution < 1.29 is 14.3 Å². The Bertz CT molecular complexity index is 782. The zero-order valence-electron chi connectivity index (χ0n) is 15.9. The topological polar surface area (TPSA) is 58.6 Å². The van der Waals surface area contributed by atoms with E-state index in [0.29, 0.717) is 31.3 Å². The summed E-state index contributed by atoms with van der Waals surface area (Å²) in [5.41, 5.74) is 1.00. The van der Waals surface area contributed by atoms with Crippen LogP contribution in [0, 0.1) is 5.92 Å². The van der Waals surface area contributed by atoms with Crippen molar-refractivity contribution in [2.24, 2.45) is 5.92 Å². The van der Waals surface area contributed by atoms with Crippen molar-refractivity contribution in [2.75, 3.05) is 26.2 Å². The molecule has 2 aromatic rings. The van der Waals surface area contributed by atoms with Gasteiger partial charge in [-0.05, 0) is 42.5 Å². The van der Waals surface area contributed by atoms with Gasteiger partial charge in [0.15, 0.2) is 6.61 Å². The number of hydrogen-bond donors (Lipinski definition) is 1. The molecule has 146 valence electrons. The summed E-state index contributed by atoms with van der Waals surface area (Å²) in [4.78, 5) is 26.1. The first-order valence-corrected chi connectivity index (χ1v) is 9.67. The standard InChI is InChI=1S/C23H26N2O3/c26-22(12-11-19-7-3-1-4-8-19)24-17-20-13-15-25(16-14-20)23(27)18-28-21-9-5-2-6-10-21/h1-12,20H,13-18H2,(H,24,26)/b12-11+. The van der Waals surface area contributed by atoms with Gasteiger partial charge in [-0.2, -0.15) is 0 Å². The Morgan fingerprint density at radius 3 is 2.32 bits per heavy atom. The van der Waals surface area contributed by atoms with Gasteiger partial charge in [-0.1, -0.05) is 48.5 Å². The number of nitrogens with zero attached hydrogens (tertiary/aromatic N) is 1. The molecule has 1 saturated heterocycles. The van der Waals surface area contributed by atoms with Crippen molar-refractivity contribution in [3.63, 3.8) is 0 Å². The van der Waals surface area contributed by atoms with Crippen molar-refractivity contribution in [2.45, 2.75) is 12.8 Å². The van der Waals surface area contributed by atoms with E-state index in [1.54, 1.807) is 6.08 Å². The van der Waals surface area contributed by atoms with Crippen LogP contribution < -0.4 is 10.1 Å². The highest BCUT2D eigenvalue weighted by Gasteiger charge is 2.23. The van der Waals surface area contributed by atoms with Crippen LogP contribution in [0.4, 0.5) is 0 Å². The molecule has 1 aliphatic rings. The molecule has 0 unspecified atom stereocenters. The minimum atomic E-state index is -0.0846. The second kappa shape index (κ2) is 10.3. The van der Waals surface area contributed by atoms with Gasteiger partial charge in [0.05, 0.1) is 0 Å². The highest BCUT2D eigenvalue weighted by molar-refractivity contribution is 5.91. The summed E-state index contributed by atoms with van der Waals surface area (Å²) in [6, 6.07) is 19.1. The number of piperidine rings is 1. The summed E-state index contributed by atoms with van der Waals surface area (Å²) < 4.78 is 5.53. The molecule has 28 heavy (non-hydrogen) atoms. The first-order valence-electron chi connectivity index (χ1n) is 9.67. The number of hydrogen-bond acceptors (Lipinski definition) is 3. The van der Waals surface area contributed by atoms with Gasteiger partial charge in [-0.3, -0.25) is 9.59 Å². The molecule has 0 aromatic heterocycles. The summed E-state index contributed by atoms with van der Waals surface area (Å²) in [5.74, 6) is 1.03. The first-order chi connectivity index (χ1) is 13.7. The number of benzene rings is 2. The lowest BCUT2D eigenvalue weighted by Gasteiger charge is -2.32. The Labute approximate surface area is 166 Å². The van der Waals surface area contributed by atoms with Gasteiger partial charge in [0.2, 0.25) is 5.91 Å². The van der Waals surface area contributed by atoms with Gasteiger partial charge in [-0.25, -0.2) is 0 Å². The molecule has 1 aliphatic heterocycles. The summed E-state index contributed by atoms with van der Waals surface area (Å²) in [6.07, 6.45) is 5.15. The Balaban J connectivity index is 1.34. The minimum absolute atomic E-state index is 0.0112. The van der Waals surface area contributed by atoms with E-state index in [1.807, 2.05) is 71.6 Å². The van der Waals surface area contributed by atoms with Gasteiger partial charge in [0, 0.05) is 25.7 Å². The van der Waals surface area contributed by atoms with Crippen LogP contribution in [0.3, 0.4) is 0 Å². The lowest BCUT2D eigenvalue weighted by atomic mass is 9.96. The monoisotopic (exact) mass is 378 g/mol. The molecule has 0 radical (unpaired) electrons. The normalized spacial score (nSPS) is 14.8. The molecule has 0 spiro atoms. The number of carbonyl (C=O) groups excluding carboxylic acids is 2. The second-order valence-corrected chi connectivity index (χ2v) is 6.92. The average molecular weight is 378 g/mol. The predicted molar refractivity (Wildman–Crippen MR) is 110 cm³/mol. The Hall–Kier alpha value is -3.08. The maximum absolute atomic E-state index is 12.3. The fourth-order valence-corrected chi connectivity index (χ4v) is 3.18. The van der Waals surface area contributed by atoms with E-state index in [1.165, 1.54) is 0 Å². The van der Waals surface area contributed by atoms with Crippen LogP contribution in [-0.4, -0.2) is 43.0 Å². The largest absolute Gasteiger partial charge is 0.484 e. The highest BCUT2D eigenvalue weighted by Crippen LogP contribution is 2.17. The van der Waals surface area contributed by atoms with Crippen LogP contribution in [0.1, 0.15) is 18.4 Å². The van der Waals surface area contributed by atoms with Crippen LogP contribution in [0.25, 0.3) is 6.08 Å². The van der Waals surface area contributed by atoms with Crippen LogP contribution in [0.2, 0.25) is 0 Å². The third kappa shape index (κ3) is 6.27. The Morgan fingerprint density at radius 1 is 1.00 bits per heavy atom. The van der Waals surface area contributed by atoms with Gasteiger partial charge >= 0.3 is 0 Å². The smallest absolute Gasteiger partial charge is 0.260 e. The van der Waals surface area contributed by atoms with Crippen molar-refractivity contribution in [1.29, 1.82) is 0 Å². The molecule has 0 bridgehead atoms. The number of nitrogens with one attached hydrogen (secondary N) is 1. The molecular weight excluding hydrogens is 352 g/mol. The molecule has 2 amide bonds. The Kier molecular flexibility index (Phi) is 7.24. The van der Waals surface area contributed by atoms with Gasteiger partial charge in [0.25, 0.3) is 5.91 Å². The highest BCUT2D eigenvalue weighted by atomic mass is 16.5. The zero-order valence-corrected chi connectivity index (χ0v) is 15.9. The second-order valence-electron chi connectivity index (χ2n) is 6.92. The summed E-state index contributed by atoms with van der Waals surface area (Å²) in [6.45, 7) is 2.12. The molecule has 0 saturated carbocycles. The molecule has 3 rings (SSSR count). The average Bonchev–Trinajstić information content (AvgIpc) is 2.76. The Morgan fingerprint density at radius 2 is 1.64 bits per heavy atom. The fourth-order valence-electron chi connectivity index (χ4n) is 3.18. The van der Waals surface area contributed by atoms with E-state index in [-0.39, 0.29) is 18.4 Å². The lowest BCUT2D eigenvalue weighted by molar-refractivity contribution is -0.134. The summed E-state index contributed by atoms with van der Waals surface area (Å²) in [5, 5.41) is 2.96. The number of rotatable bonds is 7. The third-order valence-electron chi connectivity index (χ3n) is 4.86. The van der Waals surface area contributed by atoms with Crippen LogP contribution >= 0.6 is 0 Å². The van der Waals surface area contributed by atoms with Crippen molar-refractivity contribution >= 4 is 17.9 Å². The minimum Gasteiger partial charge on any atom is -0.484 e. The molecule has 2 aromatic carbocycles. The molecule has 5 heteroatoms. The van der Waals surface area contributed by atoms with Crippen LogP contribution in [0.15, 0.2) is 66.7 Å². The maximum atomic E-state index is 12.3. The third-order valence-corrected chi connectivity index (χ3v) is 4.86. The van der Waals surface area contributed by atoms with E-state index in [0.717, 1.165) is 18.4 Å². The van der Waals surface area contributed by atoms with E-state index >= 15 is 0 Å². The van der Waals surface area contributed by atoms with E-state index in [4.69, 9.17) is 4.74 Å². The molecule has 0 atom stereocenters. The molecule has 0 aliphatic carbocycles. The molecule has 1 fully saturated rings. The van der Waals surface area contributed by atoms with E-state index in [9.17, 15) is 9.59 Å². The summed E-state index contributed by atoms with van der Waals surface area (Å²) in [7, 11) is 0. The lowest BCUT2D eigenvalue weighted by Crippen LogP contribution is -2.43. The number of likely N-dealkylation sites (tertiary alicyclic amines) is 1. The van der Waals surface area contributed by atoms with E-state index < -0.39 is 0 Å². The van der Waals surface area contributed by atoms with Crippen molar-refractivity contribution in [3.05, 3.63) is 72.3 Å². The van der Waals surface area contributed by atoms with Crippen LogP contribution in [-0.2, 0) is 9.59 Å². The molecule has 1 N–H and O–H groups in total. The maximum Gasteiger partial charge on any atom is 0.260 e. The van der Waals surface area contributed by atoms with Crippen molar-refractivity contribution in [1.82, 2.24) is 10.2 Å². The zero-order chi connectivity index (χ0) is 19.6. The SMILES string of the molecule is O=C(/C=C/c1ccccc1)NCC1CCN(C(=O)COc2ccccc2)CC1. The number of carbonyl (C=O) groups is 2. The molecule has 5 nitrogen and oxygen atoms in total. The number of para-hydroxylation sites is 1. The first kappa shape index (κ1) is 19.7. The predicted octanol–water partition coefficient (Wildman–Crippen LogP) is 3.13. The number of ether oxygens (including phenoxy) is 1. The van der Waals surface area contributed by atoms with Gasteiger partial charge < -0.3 is 15.0 Å². The van der Waals surface area contributed by atoms with E-state index in [2.05, 4.69) is 5.32 Å². The molecule has 1 heterocycles. The summed E-state index contributed by atoms with van der Waals surface area (Å²) >= 11 is 0. The van der Waals surface area contributed by atoms with Gasteiger partial charge in [-0.15, -0.1) is 0 Å². The van der Waals surface area contributed by atoms with Gasteiger partial charge in [0.1, 0.15) is 5.75 Å². The fraction of sp³-hybridized carbons (Fsp3) is 0.304. The quantitative estimate of drug-likeness (QED) is 0.753. The van der Waals surface area contributed by atoms with Crippen LogP contribution in [0.5, 0.6) is 5.75 Å². The molecular formula is C23H26N2O3. The van der Waals surface area contributed by atoms with Crippen molar-refractivity contribution in [3.8, 4) is 5.75 Å².